The van der Waals surface area contributed by atoms with E-state index in [1.165, 1.54) is 18.3 Å². The summed E-state index contributed by atoms with van der Waals surface area (Å²) < 4.78 is 23.9. The van der Waals surface area contributed by atoms with Crippen LogP contribution in [0.4, 0.5) is 0 Å². The Morgan fingerprint density at radius 2 is 2.31 bits per heavy atom. The van der Waals surface area contributed by atoms with Crippen molar-refractivity contribution in [2.24, 2.45) is 0 Å². The molecule has 0 aromatic carbocycles. The van der Waals surface area contributed by atoms with Gasteiger partial charge < -0.3 is 0 Å². The van der Waals surface area contributed by atoms with Crippen LogP contribution < -0.4 is 0 Å². The fraction of sp³-hybridized carbons (Fsp3) is 0.400. The van der Waals surface area contributed by atoms with Gasteiger partial charge in [0.2, 0.25) is 0 Å². The molecule has 0 saturated carbocycles. The first kappa shape index (κ1) is 12.9. The third kappa shape index (κ3) is 2.71. The zero-order valence-electron chi connectivity index (χ0n) is 8.72. The van der Waals surface area contributed by atoms with Crippen LogP contribution in [0.5, 0.6) is 0 Å². The van der Waals surface area contributed by atoms with Gasteiger partial charge in [-0.1, -0.05) is 0 Å². The van der Waals surface area contributed by atoms with Crippen LogP contribution in [0.3, 0.4) is 0 Å². The Bertz CT molecular complexity index is 508. The highest BCUT2D eigenvalue weighted by atomic mass is 35.5. The first-order valence-electron chi connectivity index (χ1n) is 4.68. The van der Waals surface area contributed by atoms with Gasteiger partial charge in [-0.3, -0.25) is 0 Å². The highest BCUT2D eigenvalue weighted by Crippen LogP contribution is 2.17. The number of aromatic nitrogens is 1. The number of rotatable bonds is 4. The molecule has 0 fully saturated rings. The minimum Gasteiger partial charge on any atom is -0.245 e. The average Bonchev–Trinajstić information content (AvgIpc) is 2.29. The van der Waals surface area contributed by atoms with E-state index in [2.05, 4.69) is 4.98 Å². The van der Waals surface area contributed by atoms with Crippen molar-refractivity contribution >= 4 is 21.4 Å². The predicted molar refractivity (Wildman–Crippen MR) is 60.9 cm³/mol. The standard InChI is InChI=1S/C10H11ClN2O2S/c1-8(2-4-11)16(14,15)10-6-9(7-12)3-5-13-10/h3,5-6,8H,2,4H2,1H3. The molecule has 0 aliphatic carbocycles. The van der Waals surface area contributed by atoms with E-state index in [-0.39, 0.29) is 16.5 Å². The lowest BCUT2D eigenvalue weighted by molar-refractivity contribution is 0.577. The second kappa shape index (κ2) is 5.28. The summed E-state index contributed by atoms with van der Waals surface area (Å²) in [4.78, 5) is 3.78. The van der Waals surface area contributed by atoms with Crippen LogP contribution in [0.25, 0.3) is 0 Å². The Hall–Kier alpha value is -1.12. The van der Waals surface area contributed by atoms with Crippen molar-refractivity contribution in [1.82, 2.24) is 4.98 Å². The SMILES string of the molecule is CC(CCCl)S(=O)(=O)c1cc(C#N)ccn1. The third-order valence-corrected chi connectivity index (χ3v) is 4.52. The monoisotopic (exact) mass is 258 g/mol. The molecule has 1 rings (SSSR count). The molecule has 0 spiro atoms. The van der Waals surface area contributed by atoms with Gasteiger partial charge in [0.05, 0.1) is 16.9 Å². The lowest BCUT2D eigenvalue weighted by Gasteiger charge is -2.10. The number of alkyl halides is 1. The smallest absolute Gasteiger partial charge is 0.198 e. The van der Waals surface area contributed by atoms with Crippen LogP contribution in [0.2, 0.25) is 0 Å². The first-order chi connectivity index (χ1) is 7.52. The van der Waals surface area contributed by atoms with E-state index >= 15 is 0 Å². The molecule has 0 bridgehead atoms. The van der Waals surface area contributed by atoms with E-state index in [9.17, 15) is 8.42 Å². The summed E-state index contributed by atoms with van der Waals surface area (Å²) in [5.41, 5.74) is 0.284. The summed E-state index contributed by atoms with van der Waals surface area (Å²) in [6.07, 6.45) is 1.68. The average molecular weight is 259 g/mol. The fourth-order valence-electron chi connectivity index (χ4n) is 1.15. The molecule has 6 heteroatoms. The summed E-state index contributed by atoms with van der Waals surface area (Å²) in [6.45, 7) is 1.58. The van der Waals surface area contributed by atoms with E-state index in [0.29, 0.717) is 6.42 Å². The molecule has 86 valence electrons. The number of sulfone groups is 1. The van der Waals surface area contributed by atoms with Gasteiger partial charge >= 0.3 is 0 Å². The number of pyridine rings is 1. The van der Waals surface area contributed by atoms with Crippen molar-refractivity contribution < 1.29 is 8.42 Å². The largest absolute Gasteiger partial charge is 0.245 e. The zero-order valence-corrected chi connectivity index (χ0v) is 10.3. The van der Waals surface area contributed by atoms with Gasteiger partial charge in [-0.2, -0.15) is 5.26 Å². The Labute approximate surface area is 99.8 Å². The lowest BCUT2D eigenvalue weighted by atomic mass is 10.3. The van der Waals surface area contributed by atoms with Crippen LogP contribution in [0.15, 0.2) is 23.4 Å². The molecule has 1 unspecified atom stereocenters. The predicted octanol–water partition coefficient (Wildman–Crippen LogP) is 1.74. The minimum atomic E-state index is -3.48. The van der Waals surface area contributed by atoms with Crippen molar-refractivity contribution in [3.05, 3.63) is 23.9 Å². The maximum atomic E-state index is 12.0. The zero-order chi connectivity index (χ0) is 12.2. The fourth-order valence-corrected chi connectivity index (χ4v) is 2.95. The van der Waals surface area contributed by atoms with Gasteiger partial charge in [-0.15, -0.1) is 11.6 Å². The minimum absolute atomic E-state index is 0.0656. The van der Waals surface area contributed by atoms with E-state index in [4.69, 9.17) is 16.9 Å². The van der Waals surface area contributed by atoms with E-state index in [1.807, 2.05) is 6.07 Å². The van der Waals surface area contributed by atoms with Crippen LogP contribution in [-0.4, -0.2) is 24.5 Å². The number of halogens is 1. The highest BCUT2D eigenvalue weighted by molar-refractivity contribution is 7.92. The molecule has 1 heterocycles. The number of hydrogen-bond donors (Lipinski definition) is 0. The molecular formula is C10H11ClN2O2S. The topological polar surface area (TPSA) is 70.8 Å². The molecule has 0 aliphatic heterocycles. The van der Waals surface area contributed by atoms with Crippen LogP contribution in [-0.2, 0) is 9.84 Å². The molecule has 0 amide bonds. The number of hydrogen-bond acceptors (Lipinski definition) is 4. The third-order valence-electron chi connectivity index (χ3n) is 2.20. The summed E-state index contributed by atoms with van der Waals surface area (Å²) >= 11 is 5.51. The molecule has 1 aromatic heterocycles. The van der Waals surface area contributed by atoms with Crippen LogP contribution in [0.1, 0.15) is 18.9 Å². The van der Waals surface area contributed by atoms with Crippen molar-refractivity contribution in [2.45, 2.75) is 23.6 Å². The number of nitriles is 1. The van der Waals surface area contributed by atoms with Gasteiger partial charge in [0, 0.05) is 12.1 Å². The Balaban J connectivity index is 3.13. The molecule has 16 heavy (non-hydrogen) atoms. The molecule has 1 aromatic rings. The molecule has 0 radical (unpaired) electrons. The normalized spacial score (nSPS) is 13.1. The molecular weight excluding hydrogens is 248 g/mol. The Kier molecular flexibility index (Phi) is 4.27. The molecule has 0 aliphatic rings. The Morgan fingerprint density at radius 3 is 2.88 bits per heavy atom. The summed E-state index contributed by atoms with van der Waals surface area (Å²) in [6, 6.07) is 4.62. The van der Waals surface area contributed by atoms with Gasteiger partial charge in [0.1, 0.15) is 0 Å². The molecule has 4 nitrogen and oxygen atoms in total. The summed E-state index contributed by atoms with van der Waals surface area (Å²) in [7, 11) is -3.48. The van der Waals surface area contributed by atoms with Gasteiger partial charge in [0.15, 0.2) is 14.9 Å². The maximum Gasteiger partial charge on any atom is 0.198 e. The van der Waals surface area contributed by atoms with Crippen LogP contribution >= 0.6 is 11.6 Å². The van der Waals surface area contributed by atoms with E-state index in [1.54, 1.807) is 6.92 Å². The molecule has 0 N–H and O–H groups in total. The first-order valence-corrected chi connectivity index (χ1v) is 6.76. The van der Waals surface area contributed by atoms with Gasteiger partial charge in [-0.25, -0.2) is 13.4 Å². The van der Waals surface area contributed by atoms with E-state index in [0.717, 1.165) is 0 Å². The molecule has 0 saturated heterocycles. The maximum absolute atomic E-state index is 12.0. The molecule has 1 atom stereocenters. The van der Waals surface area contributed by atoms with Crippen molar-refractivity contribution in [3.63, 3.8) is 0 Å². The van der Waals surface area contributed by atoms with E-state index < -0.39 is 15.1 Å². The highest BCUT2D eigenvalue weighted by Gasteiger charge is 2.24. The Morgan fingerprint density at radius 1 is 1.62 bits per heavy atom. The van der Waals surface area contributed by atoms with Crippen LogP contribution in [0, 0.1) is 11.3 Å². The lowest BCUT2D eigenvalue weighted by Crippen LogP contribution is -2.19. The van der Waals surface area contributed by atoms with Crippen molar-refractivity contribution in [1.29, 1.82) is 5.26 Å². The summed E-state index contributed by atoms with van der Waals surface area (Å²) in [5, 5.41) is 8.02. The van der Waals surface area contributed by atoms with Crippen molar-refractivity contribution in [2.75, 3.05) is 5.88 Å². The summed E-state index contributed by atoms with van der Waals surface area (Å²) in [5.74, 6) is 0.276. The van der Waals surface area contributed by atoms with Crippen molar-refractivity contribution in [3.8, 4) is 6.07 Å². The number of nitrogens with zero attached hydrogens (tertiary/aromatic N) is 2. The van der Waals surface area contributed by atoms with Gasteiger partial charge in [0.25, 0.3) is 0 Å². The van der Waals surface area contributed by atoms with Gasteiger partial charge in [-0.05, 0) is 25.5 Å². The second-order valence-corrected chi connectivity index (χ2v) is 6.02. The second-order valence-electron chi connectivity index (χ2n) is 3.33. The quantitative estimate of drug-likeness (QED) is 0.772.